The fraction of sp³-hybridized carbons (Fsp3) is 0.941. The zero-order valence-electron chi connectivity index (χ0n) is 47.4. The lowest BCUT2D eigenvalue weighted by Gasteiger charge is -2.39. The zero-order chi connectivity index (χ0) is 60.8. The molecular weight excluding hydrogens is 1120 g/mol. The molecule has 83 heavy (non-hydrogen) atoms. The van der Waals surface area contributed by atoms with Gasteiger partial charge in [0.1, 0.15) is 73.2 Å². The molecule has 0 aromatic carbocycles. The first-order chi connectivity index (χ1) is 40.0. The number of aliphatic hydroxyl groups is 12. The Morgan fingerprint density at radius 3 is 0.964 bits per heavy atom. The van der Waals surface area contributed by atoms with Crippen molar-refractivity contribution in [2.24, 2.45) is 5.41 Å². The van der Waals surface area contributed by atoms with E-state index in [1.807, 2.05) is 6.92 Å². The topological polar surface area (TPSA) is 459 Å². The summed E-state index contributed by atoms with van der Waals surface area (Å²) in [4.78, 5) is 37.6. The van der Waals surface area contributed by atoms with Crippen LogP contribution in [0.5, 0.6) is 0 Å². The summed E-state index contributed by atoms with van der Waals surface area (Å²) in [6.07, 6.45) is -18.3. The summed E-state index contributed by atoms with van der Waals surface area (Å²) in [6.45, 7) is 4.02. The third-order valence-corrected chi connectivity index (χ3v) is 13.2. The zero-order valence-corrected chi connectivity index (χ0v) is 47.4. The number of hydrogen-bond acceptors (Lipinski definition) is 29. The van der Waals surface area contributed by atoms with Gasteiger partial charge in [0.05, 0.1) is 145 Å². The number of ether oxygens (including phenoxy) is 14. The van der Waals surface area contributed by atoms with E-state index in [0.717, 1.165) is 0 Å². The molecule has 0 saturated carbocycles. The van der Waals surface area contributed by atoms with Gasteiger partial charge >= 0.3 is 0 Å². The van der Waals surface area contributed by atoms with Gasteiger partial charge in [-0.15, -0.1) is 0 Å². The maximum absolute atomic E-state index is 12.6. The molecule has 0 aliphatic carbocycles. The van der Waals surface area contributed by atoms with E-state index in [2.05, 4.69) is 16.0 Å². The average Bonchev–Trinajstić information content (AvgIpc) is 3.66. The molecule has 3 aliphatic rings. The third kappa shape index (κ3) is 29.8. The molecule has 0 radical (unpaired) electrons. The van der Waals surface area contributed by atoms with Gasteiger partial charge in [-0.05, 0) is 12.8 Å². The number of aliphatic hydroxyl groups excluding tert-OH is 12. The van der Waals surface area contributed by atoms with E-state index in [1.54, 1.807) is 0 Å². The number of carbonyl (C=O) groups excluding carboxylic acids is 3. The molecule has 0 spiro atoms. The number of carbonyl (C=O) groups is 3. The molecule has 3 amide bonds. The normalized spacial score (nSPS) is 29.1. The van der Waals surface area contributed by atoms with Gasteiger partial charge in [-0.1, -0.05) is 13.3 Å². The Balaban J connectivity index is 1.26. The average molecular weight is 1210 g/mol. The van der Waals surface area contributed by atoms with Crippen LogP contribution in [0.3, 0.4) is 0 Å². The van der Waals surface area contributed by atoms with Crippen LogP contribution in [0.15, 0.2) is 0 Å². The molecular formula is C51H95N3O29. The first-order valence-electron chi connectivity index (χ1n) is 28.1. The smallest absolute Gasteiger partial charge is 0.222 e. The van der Waals surface area contributed by atoms with E-state index in [4.69, 9.17) is 66.3 Å². The third-order valence-electron chi connectivity index (χ3n) is 13.2. The van der Waals surface area contributed by atoms with Crippen molar-refractivity contribution in [1.29, 1.82) is 0 Å². The summed E-state index contributed by atoms with van der Waals surface area (Å²) in [7, 11) is 0. The van der Waals surface area contributed by atoms with Crippen LogP contribution in [0, 0.1) is 5.41 Å². The Morgan fingerprint density at radius 2 is 0.651 bits per heavy atom. The van der Waals surface area contributed by atoms with E-state index in [9.17, 15) is 75.7 Å². The number of unbranched alkanes of at least 4 members (excludes halogenated alkanes) is 1. The molecule has 3 heterocycles. The number of hydrogen-bond donors (Lipinski definition) is 15. The molecule has 0 aromatic heterocycles. The summed E-state index contributed by atoms with van der Waals surface area (Å²) in [5.74, 6) is -0.659. The van der Waals surface area contributed by atoms with Crippen LogP contribution in [0.2, 0.25) is 0 Å². The molecule has 32 nitrogen and oxygen atoms in total. The summed E-state index contributed by atoms with van der Waals surface area (Å²) < 4.78 is 76.6. The monoisotopic (exact) mass is 1210 g/mol. The van der Waals surface area contributed by atoms with Gasteiger partial charge < -0.3 is 144 Å². The molecule has 3 rings (SSSR count). The van der Waals surface area contributed by atoms with E-state index >= 15 is 0 Å². The van der Waals surface area contributed by atoms with Gasteiger partial charge in [0.2, 0.25) is 17.7 Å². The summed E-state index contributed by atoms with van der Waals surface area (Å²) in [5, 5.41) is 126. The second-order valence-electron chi connectivity index (χ2n) is 20.1. The summed E-state index contributed by atoms with van der Waals surface area (Å²) in [5.41, 5.74) is -0.532. The molecule has 0 aromatic rings. The second-order valence-corrected chi connectivity index (χ2v) is 20.1. The lowest BCUT2D eigenvalue weighted by Crippen LogP contribution is -2.59. The molecule has 488 valence electrons. The van der Waals surface area contributed by atoms with Crippen molar-refractivity contribution >= 4 is 17.7 Å². The van der Waals surface area contributed by atoms with E-state index in [0.29, 0.717) is 19.3 Å². The maximum atomic E-state index is 12.6. The predicted octanol–water partition coefficient (Wildman–Crippen LogP) is -7.74. The maximum Gasteiger partial charge on any atom is 0.222 e. The van der Waals surface area contributed by atoms with Gasteiger partial charge in [-0.25, -0.2) is 0 Å². The highest BCUT2D eigenvalue weighted by atomic mass is 16.7. The molecule has 3 aliphatic heterocycles. The molecule has 0 bridgehead atoms. The highest BCUT2D eigenvalue weighted by Crippen LogP contribution is 2.27. The first kappa shape index (κ1) is 74.6. The van der Waals surface area contributed by atoms with Crippen LogP contribution >= 0.6 is 0 Å². The Kier molecular flexibility index (Phi) is 39.5. The van der Waals surface area contributed by atoms with Gasteiger partial charge in [0.25, 0.3) is 0 Å². The minimum Gasteiger partial charge on any atom is -0.394 e. The van der Waals surface area contributed by atoms with Crippen LogP contribution in [-0.4, -0.2) is 336 Å². The van der Waals surface area contributed by atoms with Gasteiger partial charge in [0.15, 0.2) is 18.9 Å². The SMILES string of the molecule is CC(CCCCC(=O)NCCOCCOCCOC1OC(CO)[C@@H](O)[C@H](O)[C@H]1O)(COCCC(=O)NCCOCCOCCOC1OC(CO)[C@@H](O)[C@H](O)[C@H]1O)COCCC(=O)NCCOCCOCCOC1OC(CO)[C@@H](O)[C@H](O)[C@H]1O. The lowest BCUT2D eigenvalue weighted by atomic mass is 9.86. The van der Waals surface area contributed by atoms with Crippen molar-refractivity contribution < 1.29 is 142 Å². The molecule has 32 heteroatoms. The van der Waals surface area contributed by atoms with Crippen LogP contribution in [0.1, 0.15) is 45.4 Å². The lowest BCUT2D eigenvalue weighted by molar-refractivity contribution is -0.302. The summed E-state index contributed by atoms with van der Waals surface area (Å²) >= 11 is 0. The molecule has 6 unspecified atom stereocenters. The Hall–Kier alpha value is -2.63. The van der Waals surface area contributed by atoms with Crippen molar-refractivity contribution in [3.8, 4) is 0 Å². The molecule has 3 saturated heterocycles. The summed E-state index contributed by atoms with van der Waals surface area (Å²) in [6, 6.07) is 0. The molecule has 15 N–H and O–H groups in total. The van der Waals surface area contributed by atoms with Crippen LogP contribution in [0.4, 0.5) is 0 Å². The van der Waals surface area contributed by atoms with Gasteiger partial charge in [-0.3, -0.25) is 14.4 Å². The molecule has 15 atom stereocenters. The fourth-order valence-corrected chi connectivity index (χ4v) is 8.29. The van der Waals surface area contributed by atoms with Gasteiger partial charge in [0, 0.05) is 44.3 Å². The Bertz CT molecular complexity index is 1500. The van der Waals surface area contributed by atoms with E-state index in [1.165, 1.54) is 0 Å². The van der Waals surface area contributed by atoms with E-state index < -0.39 is 117 Å². The van der Waals surface area contributed by atoms with Crippen LogP contribution in [0.25, 0.3) is 0 Å². The standard InChI is InChI=1S/C51H95N3O29/c1-51(7-3-2-4-36(58)52-8-13-70-16-19-73-22-25-78-48-45(67)42(64)39(61)33(28-55)81-48,31-76-11-5-37(59)53-9-14-71-17-20-74-23-26-79-49-46(68)43(65)40(62)34(29-56)82-49)32-77-12-6-38(60)54-10-15-72-18-21-75-24-27-80-50-47(69)44(66)41(63)35(30-57)83-50/h33-35,39-50,55-57,61-69H,2-32H2,1H3,(H,52,58)(H,53,59)(H,54,60)/t33?,34?,35?,39-,40-,41-,42+,43+,44+,45-,46-,47-,48?,49?,50?,51?/m1/s1. The largest absolute Gasteiger partial charge is 0.394 e. The van der Waals surface area contributed by atoms with Crippen LogP contribution in [-0.2, 0) is 80.7 Å². The van der Waals surface area contributed by atoms with E-state index in [-0.39, 0.29) is 182 Å². The van der Waals surface area contributed by atoms with Gasteiger partial charge in [-0.2, -0.15) is 0 Å². The number of rotatable bonds is 48. The minimum atomic E-state index is -1.54. The molecule has 3 fully saturated rings. The highest BCUT2D eigenvalue weighted by Gasteiger charge is 2.46. The Labute approximate surface area is 482 Å². The highest BCUT2D eigenvalue weighted by molar-refractivity contribution is 5.76. The van der Waals surface area contributed by atoms with Crippen molar-refractivity contribution in [2.75, 3.05) is 165 Å². The minimum absolute atomic E-state index is 0.00103. The Morgan fingerprint density at radius 1 is 0.361 bits per heavy atom. The second kappa shape index (κ2) is 43.9. The van der Waals surface area contributed by atoms with Crippen molar-refractivity contribution in [3.63, 3.8) is 0 Å². The predicted molar refractivity (Wildman–Crippen MR) is 281 cm³/mol. The van der Waals surface area contributed by atoms with Crippen molar-refractivity contribution in [2.45, 2.75) is 138 Å². The van der Waals surface area contributed by atoms with Crippen molar-refractivity contribution in [3.05, 3.63) is 0 Å². The quantitative estimate of drug-likeness (QED) is 0.0252. The fourth-order valence-electron chi connectivity index (χ4n) is 8.29. The first-order valence-corrected chi connectivity index (χ1v) is 28.1. The number of amides is 3. The van der Waals surface area contributed by atoms with Crippen LogP contribution < -0.4 is 16.0 Å². The van der Waals surface area contributed by atoms with Crippen molar-refractivity contribution in [1.82, 2.24) is 16.0 Å². The number of nitrogens with one attached hydrogen (secondary N) is 3.